The number of aromatic nitrogens is 2. The van der Waals surface area contributed by atoms with Crippen molar-refractivity contribution in [2.45, 2.75) is 20.4 Å². The highest BCUT2D eigenvalue weighted by Crippen LogP contribution is 2.00. The first kappa shape index (κ1) is 13.7. The van der Waals surface area contributed by atoms with Gasteiger partial charge in [-0.1, -0.05) is 0 Å². The molecule has 1 heterocycles. The molecule has 0 aliphatic rings. The molecule has 3 N–H and O–H groups in total. The van der Waals surface area contributed by atoms with Crippen LogP contribution in [0.1, 0.15) is 11.4 Å². The summed E-state index contributed by atoms with van der Waals surface area (Å²) in [7, 11) is -3.53. The molecular formula is C9H16N4O3S. The maximum atomic E-state index is 11.5. The van der Waals surface area contributed by atoms with E-state index in [2.05, 4.69) is 10.4 Å². The minimum absolute atomic E-state index is 0.0109. The molecule has 0 radical (unpaired) electrons. The molecule has 0 saturated carbocycles. The summed E-state index contributed by atoms with van der Waals surface area (Å²) in [5.41, 5.74) is 1.71. The zero-order valence-electron chi connectivity index (χ0n) is 9.80. The molecule has 0 fully saturated rings. The highest BCUT2D eigenvalue weighted by molar-refractivity contribution is 7.89. The predicted molar refractivity (Wildman–Crippen MR) is 62.7 cm³/mol. The molecule has 17 heavy (non-hydrogen) atoms. The van der Waals surface area contributed by atoms with E-state index in [0.717, 1.165) is 11.4 Å². The first-order valence-electron chi connectivity index (χ1n) is 5.06. The largest absolute Gasteiger partial charge is 0.353 e. The van der Waals surface area contributed by atoms with Crippen LogP contribution < -0.4 is 10.5 Å². The molecule has 0 aliphatic carbocycles. The summed E-state index contributed by atoms with van der Waals surface area (Å²) in [5, 5.41) is 11.4. The van der Waals surface area contributed by atoms with Crippen LogP contribution in [0.3, 0.4) is 0 Å². The Hall–Kier alpha value is -1.41. The van der Waals surface area contributed by atoms with E-state index >= 15 is 0 Å². The second-order valence-corrected chi connectivity index (χ2v) is 5.54. The van der Waals surface area contributed by atoms with Crippen LogP contribution in [0.15, 0.2) is 6.07 Å². The lowest BCUT2D eigenvalue weighted by Crippen LogP contribution is -2.34. The summed E-state index contributed by atoms with van der Waals surface area (Å²) in [4.78, 5) is 11.5. The van der Waals surface area contributed by atoms with Gasteiger partial charge < -0.3 is 5.32 Å². The first-order chi connectivity index (χ1) is 7.78. The lowest BCUT2D eigenvalue weighted by molar-refractivity contribution is -0.121. The predicted octanol–water partition coefficient (Wildman–Crippen LogP) is -1.10. The van der Waals surface area contributed by atoms with Crippen molar-refractivity contribution in [3.05, 3.63) is 17.5 Å². The molecule has 0 aliphatic heterocycles. The molecule has 1 aromatic heterocycles. The number of primary sulfonamides is 1. The fourth-order valence-corrected chi connectivity index (χ4v) is 1.75. The van der Waals surface area contributed by atoms with E-state index in [0.29, 0.717) is 0 Å². The van der Waals surface area contributed by atoms with Crippen LogP contribution in [0.2, 0.25) is 0 Å². The summed E-state index contributed by atoms with van der Waals surface area (Å²) < 4.78 is 22.8. The fourth-order valence-electron chi connectivity index (χ4n) is 1.36. The Morgan fingerprint density at radius 3 is 2.65 bits per heavy atom. The molecule has 0 bridgehead atoms. The van der Waals surface area contributed by atoms with Crippen LogP contribution in [0.25, 0.3) is 0 Å². The quantitative estimate of drug-likeness (QED) is 0.701. The Kier molecular flexibility index (Phi) is 4.24. The smallest absolute Gasteiger partial charge is 0.241 e. The Bertz CT molecular complexity index is 506. The van der Waals surface area contributed by atoms with Gasteiger partial charge in [-0.25, -0.2) is 13.6 Å². The molecule has 0 unspecified atom stereocenters. The minimum Gasteiger partial charge on any atom is -0.353 e. The Morgan fingerprint density at radius 2 is 2.18 bits per heavy atom. The van der Waals surface area contributed by atoms with Crippen molar-refractivity contribution in [1.82, 2.24) is 15.1 Å². The molecular weight excluding hydrogens is 244 g/mol. The SMILES string of the molecule is Cc1cc(C)n(CC(=O)NCCS(N)(=O)=O)n1. The van der Waals surface area contributed by atoms with Crippen molar-refractivity contribution >= 4 is 15.9 Å². The highest BCUT2D eigenvalue weighted by atomic mass is 32.2. The fraction of sp³-hybridized carbons (Fsp3) is 0.556. The molecule has 1 aromatic rings. The van der Waals surface area contributed by atoms with Gasteiger partial charge in [-0.3, -0.25) is 9.48 Å². The van der Waals surface area contributed by atoms with Gasteiger partial charge in [0.2, 0.25) is 15.9 Å². The monoisotopic (exact) mass is 260 g/mol. The minimum atomic E-state index is -3.53. The van der Waals surface area contributed by atoms with Crippen molar-refractivity contribution in [3.8, 4) is 0 Å². The van der Waals surface area contributed by atoms with Gasteiger partial charge in [0.1, 0.15) is 6.54 Å². The number of nitrogens with zero attached hydrogens (tertiary/aromatic N) is 2. The van der Waals surface area contributed by atoms with E-state index < -0.39 is 10.0 Å². The van der Waals surface area contributed by atoms with Crippen molar-refractivity contribution in [2.75, 3.05) is 12.3 Å². The molecule has 1 rings (SSSR count). The summed E-state index contributed by atoms with van der Waals surface area (Å²) in [5.74, 6) is -0.560. The number of carbonyl (C=O) groups excluding carboxylic acids is 1. The summed E-state index contributed by atoms with van der Waals surface area (Å²) in [6.45, 7) is 3.77. The van der Waals surface area contributed by atoms with Gasteiger partial charge >= 0.3 is 0 Å². The van der Waals surface area contributed by atoms with Crippen LogP contribution in [0.4, 0.5) is 0 Å². The molecule has 0 spiro atoms. The van der Waals surface area contributed by atoms with Crippen molar-refractivity contribution in [2.24, 2.45) is 5.14 Å². The van der Waals surface area contributed by atoms with Gasteiger partial charge in [0.25, 0.3) is 0 Å². The number of sulfonamides is 1. The van der Waals surface area contributed by atoms with E-state index in [1.165, 1.54) is 0 Å². The number of hydrogen-bond acceptors (Lipinski definition) is 4. The second kappa shape index (κ2) is 5.28. The average molecular weight is 260 g/mol. The van der Waals surface area contributed by atoms with Crippen LogP contribution in [-0.2, 0) is 21.4 Å². The zero-order valence-corrected chi connectivity index (χ0v) is 10.6. The number of aryl methyl sites for hydroxylation is 2. The molecule has 0 aromatic carbocycles. The molecule has 8 heteroatoms. The van der Waals surface area contributed by atoms with E-state index in [9.17, 15) is 13.2 Å². The van der Waals surface area contributed by atoms with Crippen LogP contribution in [0.5, 0.6) is 0 Å². The van der Waals surface area contributed by atoms with E-state index in [4.69, 9.17) is 5.14 Å². The second-order valence-electron chi connectivity index (χ2n) is 3.80. The van der Waals surface area contributed by atoms with Crippen molar-refractivity contribution in [3.63, 3.8) is 0 Å². The van der Waals surface area contributed by atoms with E-state index in [1.807, 2.05) is 19.9 Å². The Labute approximate surface area is 100 Å². The van der Waals surface area contributed by atoms with Crippen LogP contribution >= 0.6 is 0 Å². The third-order valence-corrected chi connectivity index (χ3v) is 2.88. The first-order valence-corrected chi connectivity index (χ1v) is 6.78. The van der Waals surface area contributed by atoms with E-state index in [-0.39, 0.29) is 24.7 Å². The third-order valence-electron chi connectivity index (χ3n) is 2.11. The standard InChI is InChI=1S/C9H16N4O3S/c1-7-5-8(2)13(12-7)6-9(14)11-3-4-17(10,15)16/h5H,3-4,6H2,1-2H3,(H,11,14)(H2,10,15,16). The van der Waals surface area contributed by atoms with Gasteiger partial charge in [-0.05, 0) is 19.9 Å². The summed E-state index contributed by atoms with van der Waals surface area (Å²) in [6.07, 6.45) is 0. The number of rotatable bonds is 5. The number of hydrogen-bond donors (Lipinski definition) is 2. The number of nitrogens with two attached hydrogens (primary N) is 1. The molecule has 0 saturated heterocycles. The van der Waals surface area contributed by atoms with Crippen LogP contribution in [0, 0.1) is 13.8 Å². The van der Waals surface area contributed by atoms with Gasteiger partial charge in [0.15, 0.2) is 0 Å². The average Bonchev–Trinajstić information content (AvgIpc) is 2.42. The number of nitrogens with one attached hydrogen (secondary N) is 1. The number of carbonyl (C=O) groups is 1. The van der Waals surface area contributed by atoms with E-state index in [1.54, 1.807) is 4.68 Å². The normalized spacial score (nSPS) is 11.5. The van der Waals surface area contributed by atoms with Crippen molar-refractivity contribution in [1.29, 1.82) is 0 Å². The molecule has 96 valence electrons. The van der Waals surface area contributed by atoms with Crippen molar-refractivity contribution < 1.29 is 13.2 Å². The topological polar surface area (TPSA) is 107 Å². The summed E-state index contributed by atoms with van der Waals surface area (Å²) >= 11 is 0. The third kappa shape index (κ3) is 4.96. The van der Waals surface area contributed by atoms with Gasteiger partial charge in [-0.2, -0.15) is 5.10 Å². The number of amides is 1. The Morgan fingerprint density at radius 1 is 1.53 bits per heavy atom. The molecule has 0 atom stereocenters. The lowest BCUT2D eigenvalue weighted by Gasteiger charge is -2.05. The van der Waals surface area contributed by atoms with Crippen LogP contribution in [-0.4, -0.2) is 36.4 Å². The molecule has 1 amide bonds. The maximum Gasteiger partial charge on any atom is 0.241 e. The lowest BCUT2D eigenvalue weighted by atomic mass is 10.4. The Balaban J connectivity index is 2.43. The maximum absolute atomic E-state index is 11.5. The zero-order chi connectivity index (χ0) is 13.1. The highest BCUT2D eigenvalue weighted by Gasteiger charge is 2.08. The molecule has 7 nitrogen and oxygen atoms in total. The van der Waals surface area contributed by atoms with Gasteiger partial charge in [0.05, 0.1) is 11.4 Å². The van der Waals surface area contributed by atoms with Gasteiger partial charge in [0, 0.05) is 12.2 Å². The summed E-state index contributed by atoms with van der Waals surface area (Å²) in [6, 6.07) is 1.86. The van der Waals surface area contributed by atoms with Gasteiger partial charge in [-0.15, -0.1) is 0 Å².